The van der Waals surface area contributed by atoms with Gasteiger partial charge in [0.05, 0.1) is 0 Å². The van der Waals surface area contributed by atoms with Crippen LogP contribution in [0.3, 0.4) is 0 Å². The van der Waals surface area contributed by atoms with Crippen molar-refractivity contribution < 1.29 is 0 Å². The van der Waals surface area contributed by atoms with Gasteiger partial charge in [-0.25, -0.2) is 0 Å². The lowest BCUT2D eigenvalue weighted by atomic mass is 9.81. The van der Waals surface area contributed by atoms with Crippen molar-refractivity contribution in [2.75, 3.05) is 0 Å². The molecule has 1 aromatic rings. The van der Waals surface area contributed by atoms with E-state index in [2.05, 4.69) is 65.8 Å². The molecule has 0 amide bonds. The van der Waals surface area contributed by atoms with Crippen LogP contribution in [-0.2, 0) is 6.42 Å². The minimum absolute atomic E-state index is 0.680. The average Bonchev–Trinajstić information content (AvgIpc) is 2.38. The minimum atomic E-state index is 0.680. The van der Waals surface area contributed by atoms with Gasteiger partial charge >= 0.3 is 0 Å². The van der Waals surface area contributed by atoms with Crippen molar-refractivity contribution >= 4 is 0 Å². The first-order chi connectivity index (χ1) is 8.51. The molecular weight excluding hydrogens is 216 g/mol. The third kappa shape index (κ3) is 3.48. The van der Waals surface area contributed by atoms with E-state index in [1.807, 2.05) is 0 Å². The van der Waals surface area contributed by atoms with Crippen molar-refractivity contribution in [2.24, 2.45) is 11.8 Å². The highest BCUT2D eigenvalue weighted by molar-refractivity contribution is 5.33. The van der Waals surface area contributed by atoms with E-state index in [1.54, 1.807) is 0 Å². The molecule has 1 rings (SSSR count). The van der Waals surface area contributed by atoms with Crippen molar-refractivity contribution in [3.8, 4) is 0 Å². The predicted molar refractivity (Wildman–Crippen MR) is 82.0 cm³/mol. The van der Waals surface area contributed by atoms with E-state index in [0.29, 0.717) is 5.92 Å². The Morgan fingerprint density at radius 1 is 1.28 bits per heavy atom. The number of allylic oxidation sites excluding steroid dienone is 2. The van der Waals surface area contributed by atoms with E-state index in [4.69, 9.17) is 0 Å². The summed E-state index contributed by atoms with van der Waals surface area (Å²) in [6.07, 6.45) is 4.71. The van der Waals surface area contributed by atoms with Crippen LogP contribution in [0.2, 0.25) is 0 Å². The third-order valence-electron chi connectivity index (χ3n) is 4.60. The van der Waals surface area contributed by atoms with Gasteiger partial charge in [-0.05, 0) is 62.6 Å². The summed E-state index contributed by atoms with van der Waals surface area (Å²) in [6, 6.07) is 6.70. The molecule has 0 radical (unpaired) electrons. The van der Waals surface area contributed by atoms with E-state index >= 15 is 0 Å². The summed E-state index contributed by atoms with van der Waals surface area (Å²) in [5.74, 6) is 1.43. The van der Waals surface area contributed by atoms with Gasteiger partial charge < -0.3 is 0 Å². The Labute approximate surface area is 113 Å². The molecule has 0 heteroatoms. The zero-order valence-corrected chi connectivity index (χ0v) is 12.9. The largest absolute Gasteiger partial charge is 0.0885 e. The summed E-state index contributed by atoms with van der Waals surface area (Å²) in [4.78, 5) is 0. The van der Waals surface area contributed by atoms with Crippen LogP contribution >= 0.6 is 0 Å². The molecule has 0 heterocycles. The van der Waals surface area contributed by atoms with Crippen molar-refractivity contribution in [2.45, 2.75) is 54.4 Å². The van der Waals surface area contributed by atoms with Gasteiger partial charge in [-0.2, -0.15) is 0 Å². The zero-order chi connectivity index (χ0) is 13.7. The lowest BCUT2D eigenvalue weighted by molar-refractivity contribution is 0.387. The first kappa shape index (κ1) is 15.0. The molecule has 1 aromatic carbocycles. The molecule has 0 bridgehead atoms. The fourth-order valence-corrected chi connectivity index (χ4v) is 2.62. The molecular formula is C18H28. The van der Waals surface area contributed by atoms with Gasteiger partial charge in [-0.15, -0.1) is 0 Å². The first-order valence-corrected chi connectivity index (χ1v) is 7.19. The van der Waals surface area contributed by atoms with Crippen molar-refractivity contribution in [1.82, 2.24) is 0 Å². The fraction of sp³-hybridized carbons (Fsp3) is 0.556. The van der Waals surface area contributed by atoms with Crippen LogP contribution in [0.4, 0.5) is 0 Å². The molecule has 0 aromatic heterocycles. The monoisotopic (exact) mass is 244 g/mol. The zero-order valence-electron chi connectivity index (χ0n) is 12.9. The van der Waals surface area contributed by atoms with E-state index in [1.165, 1.54) is 35.1 Å². The molecule has 0 aliphatic heterocycles. The van der Waals surface area contributed by atoms with Gasteiger partial charge in [-0.3, -0.25) is 0 Å². The van der Waals surface area contributed by atoms with Crippen molar-refractivity contribution in [3.05, 3.63) is 46.5 Å². The molecule has 0 saturated heterocycles. The molecule has 18 heavy (non-hydrogen) atoms. The second-order valence-corrected chi connectivity index (χ2v) is 5.55. The maximum Gasteiger partial charge on any atom is -0.0203 e. The maximum absolute atomic E-state index is 2.37. The quantitative estimate of drug-likeness (QED) is 0.602. The van der Waals surface area contributed by atoms with E-state index in [0.717, 1.165) is 5.92 Å². The summed E-state index contributed by atoms with van der Waals surface area (Å²) in [5.41, 5.74) is 5.93. The predicted octanol–water partition coefficient (Wildman–Crippen LogP) is 5.47. The number of aryl methyl sites for hydroxylation is 1. The lowest BCUT2D eigenvalue weighted by Crippen LogP contribution is -2.15. The summed E-state index contributed by atoms with van der Waals surface area (Å²) in [6.45, 7) is 13.6. The normalized spacial score (nSPS) is 15.6. The number of benzene rings is 1. The van der Waals surface area contributed by atoms with Crippen LogP contribution in [0, 0.1) is 25.7 Å². The van der Waals surface area contributed by atoms with Crippen LogP contribution in [-0.4, -0.2) is 0 Å². The number of hydrogen-bond acceptors (Lipinski definition) is 0. The number of hydrogen-bond donors (Lipinski definition) is 0. The molecule has 0 N–H and O–H groups in total. The van der Waals surface area contributed by atoms with Gasteiger partial charge in [0.25, 0.3) is 0 Å². The molecule has 0 aliphatic rings. The van der Waals surface area contributed by atoms with E-state index in [-0.39, 0.29) is 0 Å². The van der Waals surface area contributed by atoms with Crippen LogP contribution in [0.5, 0.6) is 0 Å². The van der Waals surface area contributed by atoms with Crippen LogP contribution < -0.4 is 0 Å². The highest BCUT2D eigenvalue weighted by Crippen LogP contribution is 2.28. The Bertz CT molecular complexity index is 412. The van der Waals surface area contributed by atoms with Gasteiger partial charge in [-0.1, -0.05) is 50.1 Å². The molecule has 2 unspecified atom stereocenters. The molecule has 0 saturated carbocycles. The first-order valence-electron chi connectivity index (χ1n) is 7.19. The molecule has 2 atom stereocenters. The number of rotatable bonds is 5. The van der Waals surface area contributed by atoms with Crippen LogP contribution in [0.25, 0.3) is 0 Å². The highest BCUT2D eigenvalue weighted by Gasteiger charge is 2.18. The molecule has 0 nitrogen and oxygen atoms in total. The molecule has 0 aliphatic carbocycles. The lowest BCUT2D eigenvalue weighted by Gasteiger charge is -2.24. The second kappa shape index (κ2) is 6.78. The standard InChI is InChI=1S/C18H28/c1-7-13(3)15(5)17(8-2)12-18-11-9-10-14(4)16(18)6/h7,9-11,15,17H,8,12H2,1-6H3. The fourth-order valence-electron chi connectivity index (χ4n) is 2.62. The van der Waals surface area contributed by atoms with Gasteiger partial charge in [0.2, 0.25) is 0 Å². The van der Waals surface area contributed by atoms with Crippen LogP contribution in [0.15, 0.2) is 29.8 Å². The molecule has 100 valence electrons. The van der Waals surface area contributed by atoms with Gasteiger partial charge in [0, 0.05) is 0 Å². The topological polar surface area (TPSA) is 0 Å². The SMILES string of the molecule is CC=C(C)C(C)C(CC)Cc1cccc(C)c1C. The Balaban J connectivity index is 2.90. The third-order valence-corrected chi connectivity index (χ3v) is 4.60. The van der Waals surface area contributed by atoms with Crippen LogP contribution in [0.1, 0.15) is 50.8 Å². The Kier molecular flexibility index (Phi) is 5.65. The van der Waals surface area contributed by atoms with E-state index < -0.39 is 0 Å². The maximum atomic E-state index is 2.37. The minimum Gasteiger partial charge on any atom is -0.0885 e. The highest BCUT2D eigenvalue weighted by atomic mass is 14.2. The van der Waals surface area contributed by atoms with Gasteiger partial charge in [0.15, 0.2) is 0 Å². The Hall–Kier alpha value is -1.04. The second-order valence-electron chi connectivity index (χ2n) is 5.55. The average molecular weight is 244 g/mol. The smallest absolute Gasteiger partial charge is 0.0203 e. The summed E-state index contributed by atoms with van der Waals surface area (Å²) < 4.78 is 0. The van der Waals surface area contributed by atoms with Gasteiger partial charge in [0.1, 0.15) is 0 Å². The summed E-state index contributed by atoms with van der Waals surface area (Å²) >= 11 is 0. The molecule has 0 fully saturated rings. The summed E-state index contributed by atoms with van der Waals surface area (Å²) in [7, 11) is 0. The van der Waals surface area contributed by atoms with E-state index in [9.17, 15) is 0 Å². The summed E-state index contributed by atoms with van der Waals surface area (Å²) in [5, 5.41) is 0. The Morgan fingerprint density at radius 3 is 2.50 bits per heavy atom. The van der Waals surface area contributed by atoms with Crippen molar-refractivity contribution in [1.29, 1.82) is 0 Å². The Morgan fingerprint density at radius 2 is 1.94 bits per heavy atom. The molecule has 0 spiro atoms. The van der Waals surface area contributed by atoms with Crippen molar-refractivity contribution in [3.63, 3.8) is 0 Å².